The Hall–Kier alpha value is -3.01. The van der Waals surface area contributed by atoms with E-state index < -0.39 is 15.9 Å². The lowest BCUT2D eigenvalue weighted by molar-refractivity contribution is -0.117. The van der Waals surface area contributed by atoms with Crippen molar-refractivity contribution in [2.75, 3.05) is 23.5 Å². The quantitative estimate of drug-likeness (QED) is 0.407. The van der Waals surface area contributed by atoms with Crippen LogP contribution in [0.2, 0.25) is 5.02 Å². The number of rotatable bonds is 6. The van der Waals surface area contributed by atoms with Crippen LogP contribution < -0.4 is 14.4 Å². The second kappa shape index (κ2) is 10.4. The van der Waals surface area contributed by atoms with Gasteiger partial charge in [0.25, 0.3) is 5.91 Å². The Labute approximate surface area is 225 Å². The van der Waals surface area contributed by atoms with Gasteiger partial charge in [-0.3, -0.25) is 4.79 Å². The number of para-hydroxylation sites is 1. The molecule has 5 rings (SSSR count). The maximum Gasteiger partial charge on any atom is 0.252 e. The van der Waals surface area contributed by atoms with Crippen molar-refractivity contribution in [2.45, 2.75) is 24.6 Å². The van der Waals surface area contributed by atoms with E-state index in [1.807, 2.05) is 49.4 Å². The Morgan fingerprint density at radius 2 is 1.89 bits per heavy atom. The van der Waals surface area contributed by atoms with E-state index in [0.717, 1.165) is 11.1 Å². The van der Waals surface area contributed by atoms with Gasteiger partial charge >= 0.3 is 0 Å². The van der Waals surface area contributed by atoms with Crippen molar-refractivity contribution in [3.8, 4) is 17.2 Å². The Kier molecular flexibility index (Phi) is 7.20. The van der Waals surface area contributed by atoms with E-state index in [0.29, 0.717) is 33.1 Å². The number of aliphatic imine (C=N–C) groups is 1. The third-order valence-corrected chi connectivity index (χ3v) is 9.66. The predicted molar refractivity (Wildman–Crippen MR) is 148 cm³/mol. The molecule has 192 valence electrons. The molecule has 10 heteroatoms. The Morgan fingerprint density at radius 1 is 1.08 bits per heavy atom. The molecule has 0 aliphatic carbocycles. The van der Waals surface area contributed by atoms with Crippen LogP contribution in [0.15, 0.2) is 71.7 Å². The van der Waals surface area contributed by atoms with E-state index in [1.54, 1.807) is 36.3 Å². The minimum atomic E-state index is -3.24. The minimum absolute atomic E-state index is 0.0210. The molecule has 2 fully saturated rings. The van der Waals surface area contributed by atoms with Gasteiger partial charge in [0.1, 0.15) is 11.5 Å². The molecule has 2 heterocycles. The van der Waals surface area contributed by atoms with E-state index >= 15 is 0 Å². The van der Waals surface area contributed by atoms with Gasteiger partial charge in [0.15, 0.2) is 20.8 Å². The number of fused-ring (bicyclic) bond motifs is 1. The first-order valence-electron chi connectivity index (χ1n) is 11.7. The molecule has 2 saturated heterocycles. The molecule has 0 spiro atoms. The highest BCUT2D eigenvalue weighted by Crippen LogP contribution is 2.45. The average Bonchev–Trinajstić information content (AvgIpc) is 3.31. The van der Waals surface area contributed by atoms with Gasteiger partial charge in [-0.2, -0.15) is 4.99 Å². The summed E-state index contributed by atoms with van der Waals surface area (Å²) in [6.45, 7) is 1.97. The molecule has 0 aromatic heterocycles. The van der Waals surface area contributed by atoms with Gasteiger partial charge in [-0.05, 0) is 48.9 Å². The van der Waals surface area contributed by atoms with E-state index in [1.165, 1.54) is 11.8 Å². The number of methoxy groups -OCH3 is 1. The molecule has 0 radical (unpaired) electrons. The maximum atomic E-state index is 13.1. The lowest BCUT2D eigenvalue weighted by atomic mass is 10.1. The largest absolute Gasteiger partial charge is 0.496 e. The summed E-state index contributed by atoms with van der Waals surface area (Å²) in [6, 6.07) is 19.7. The number of amidine groups is 1. The molecule has 37 heavy (non-hydrogen) atoms. The molecular weight excluding hydrogens is 532 g/mol. The molecule has 2 aliphatic heterocycles. The molecule has 1 amide bonds. The van der Waals surface area contributed by atoms with Gasteiger partial charge in [0.05, 0.1) is 36.8 Å². The van der Waals surface area contributed by atoms with E-state index in [9.17, 15) is 13.2 Å². The fraction of sp³-hybridized carbons (Fsp3) is 0.259. The number of hydrogen-bond donors (Lipinski definition) is 0. The van der Waals surface area contributed by atoms with Gasteiger partial charge in [0.2, 0.25) is 0 Å². The maximum absolute atomic E-state index is 13.1. The second-order valence-electron chi connectivity index (χ2n) is 8.98. The van der Waals surface area contributed by atoms with Crippen LogP contribution in [0.3, 0.4) is 0 Å². The van der Waals surface area contributed by atoms with Crippen molar-refractivity contribution in [1.82, 2.24) is 0 Å². The molecule has 0 N–H and O–H groups in total. The lowest BCUT2D eigenvalue weighted by Gasteiger charge is -2.27. The number of ether oxygens (including phenoxy) is 2. The van der Waals surface area contributed by atoms with Gasteiger partial charge in [-0.1, -0.05) is 53.7 Å². The number of thioether (sulfide) groups is 1. The summed E-state index contributed by atoms with van der Waals surface area (Å²) >= 11 is 7.69. The monoisotopic (exact) mass is 556 g/mol. The number of halogens is 1. The van der Waals surface area contributed by atoms with Gasteiger partial charge in [-0.25, -0.2) is 8.42 Å². The number of carbonyl (C=O) groups excluding carboxylic acids is 1. The SMILES string of the molecule is COc1ccccc1CC(=O)N=C1S[C@H]2CS(=O)(=O)C[C@@H]2N1c1cc(Cl)ccc1Oc1cccc(C)c1. The predicted octanol–water partition coefficient (Wildman–Crippen LogP) is 5.29. The summed E-state index contributed by atoms with van der Waals surface area (Å²) in [5, 5.41) is 0.635. The number of benzene rings is 3. The average molecular weight is 557 g/mol. The molecular formula is C27H25ClN2O5S2. The normalized spacial score (nSPS) is 21.2. The van der Waals surface area contributed by atoms with E-state index in [4.69, 9.17) is 21.1 Å². The zero-order valence-electron chi connectivity index (χ0n) is 20.3. The molecule has 2 aliphatic rings. The molecule has 7 nitrogen and oxygen atoms in total. The lowest BCUT2D eigenvalue weighted by Crippen LogP contribution is -2.38. The van der Waals surface area contributed by atoms with Crippen molar-refractivity contribution in [1.29, 1.82) is 0 Å². The number of carbonyl (C=O) groups is 1. The van der Waals surface area contributed by atoms with Crippen LogP contribution in [0.4, 0.5) is 5.69 Å². The third kappa shape index (κ3) is 5.63. The van der Waals surface area contributed by atoms with Crippen LogP contribution in [0.5, 0.6) is 17.2 Å². The third-order valence-electron chi connectivity index (χ3n) is 6.22. The molecule has 2 atom stereocenters. The second-order valence-corrected chi connectivity index (χ2v) is 12.8. The Balaban J connectivity index is 1.53. The van der Waals surface area contributed by atoms with Crippen LogP contribution in [-0.2, 0) is 21.1 Å². The molecule has 3 aromatic rings. The standard InChI is InChI=1S/C27H25ClN2O5S2/c1-17-6-5-8-20(12-17)35-24-11-10-19(28)14-21(24)30-22-15-37(32,33)16-25(22)36-27(30)29-26(31)13-18-7-3-4-9-23(18)34-2/h3-12,14,22,25H,13,15-16H2,1-2H3/t22-,25-/m0/s1. The number of hydrogen-bond acceptors (Lipinski definition) is 6. The summed E-state index contributed by atoms with van der Waals surface area (Å²) in [5.74, 6) is 1.36. The van der Waals surface area contributed by atoms with Crippen LogP contribution in [-0.4, -0.2) is 49.4 Å². The van der Waals surface area contributed by atoms with Crippen molar-refractivity contribution in [3.63, 3.8) is 0 Å². The molecule has 3 aromatic carbocycles. The zero-order chi connectivity index (χ0) is 26.2. The van der Waals surface area contributed by atoms with Crippen LogP contribution in [0, 0.1) is 6.92 Å². The number of amides is 1. The van der Waals surface area contributed by atoms with Crippen molar-refractivity contribution in [3.05, 3.63) is 82.9 Å². The molecule has 0 bridgehead atoms. The van der Waals surface area contributed by atoms with E-state index in [2.05, 4.69) is 4.99 Å². The van der Waals surface area contributed by atoms with Crippen molar-refractivity contribution >= 4 is 50.0 Å². The number of nitrogens with zero attached hydrogens (tertiary/aromatic N) is 2. The fourth-order valence-corrected chi connectivity index (χ4v) is 8.67. The van der Waals surface area contributed by atoms with Crippen molar-refractivity contribution in [2.24, 2.45) is 4.99 Å². The van der Waals surface area contributed by atoms with E-state index in [-0.39, 0.29) is 29.1 Å². The first kappa shape index (κ1) is 25.6. The smallest absolute Gasteiger partial charge is 0.252 e. The van der Waals surface area contributed by atoms with Crippen LogP contribution >= 0.6 is 23.4 Å². The highest BCUT2D eigenvalue weighted by molar-refractivity contribution is 8.16. The fourth-order valence-electron chi connectivity index (χ4n) is 4.58. The Morgan fingerprint density at radius 3 is 2.68 bits per heavy atom. The topological polar surface area (TPSA) is 85.3 Å². The highest BCUT2D eigenvalue weighted by Gasteiger charge is 2.50. The van der Waals surface area contributed by atoms with Crippen LogP contribution in [0.1, 0.15) is 11.1 Å². The van der Waals surface area contributed by atoms with Gasteiger partial charge in [0, 0.05) is 15.8 Å². The number of anilines is 1. The molecule has 0 saturated carbocycles. The minimum Gasteiger partial charge on any atom is -0.496 e. The summed E-state index contributed by atoms with van der Waals surface area (Å²) < 4.78 is 36.6. The highest BCUT2D eigenvalue weighted by atomic mass is 35.5. The number of sulfone groups is 1. The first-order chi connectivity index (χ1) is 17.7. The molecule has 0 unspecified atom stereocenters. The summed E-state index contributed by atoms with van der Waals surface area (Å²) in [6.07, 6.45) is 0.0533. The summed E-state index contributed by atoms with van der Waals surface area (Å²) in [4.78, 5) is 19.3. The first-order valence-corrected chi connectivity index (χ1v) is 14.7. The van der Waals surface area contributed by atoms with Crippen LogP contribution in [0.25, 0.3) is 0 Å². The number of aryl methyl sites for hydroxylation is 1. The summed E-state index contributed by atoms with van der Waals surface area (Å²) in [7, 11) is -1.68. The van der Waals surface area contributed by atoms with Gasteiger partial charge < -0.3 is 14.4 Å². The van der Waals surface area contributed by atoms with Gasteiger partial charge in [-0.15, -0.1) is 0 Å². The summed E-state index contributed by atoms with van der Waals surface area (Å²) in [5.41, 5.74) is 2.33. The Bertz CT molecular complexity index is 1490. The zero-order valence-corrected chi connectivity index (χ0v) is 22.6. The van der Waals surface area contributed by atoms with Crippen molar-refractivity contribution < 1.29 is 22.7 Å².